The van der Waals surface area contributed by atoms with Crippen molar-refractivity contribution in [1.29, 1.82) is 0 Å². The van der Waals surface area contributed by atoms with Gasteiger partial charge in [-0.05, 0) is 44.8 Å². The number of pyridine rings is 1. The van der Waals surface area contributed by atoms with Gasteiger partial charge in [0.25, 0.3) is 0 Å². The molecule has 0 aliphatic carbocycles. The first-order chi connectivity index (χ1) is 6.63. The lowest BCUT2D eigenvalue weighted by Crippen LogP contribution is -2.23. The third kappa shape index (κ3) is 3.52. The summed E-state index contributed by atoms with van der Waals surface area (Å²) in [4.78, 5) is 4.29. The molecule has 0 bridgehead atoms. The zero-order valence-electron chi connectivity index (χ0n) is 7.93. The van der Waals surface area contributed by atoms with E-state index in [4.69, 9.17) is 0 Å². The van der Waals surface area contributed by atoms with E-state index >= 15 is 0 Å². The lowest BCUT2D eigenvalue weighted by Gasteiger charge is -2.09. The lowest BCUT2D eigenvalue weighted by molar-refractivity contribution is 0.623. The Labute approximate surface area is 101 Å². The third-order valence-corrected chi connectivity index (χ3v) is 2.95. The van der Waals surface area contributed by atoms with Crippen LogP contribution in [0, 0.1) is 0 Å². The van der Waals surface area contributed by atoms with Crippen LogP contribution in [0.25, 0.3) is 0 Å². The molecule has 1 aromatic rings. The van der Waals surface area contributed by atoms with Gasteiger partial charge in [-0.1, -0.05) is 6.08 Å². The van der Waals surface area contributed by atoms with Crippen LogP contribution in [0.3, 0.4) is 0 Å². The fourth-order valence-corrected chi connectivity index (χ4v) is 2.04. The summed E-state index contributed by atoms with van der Waals surface area (Å²) in [5.41, 5.74) is 1.00. The van der Waals surface area contributed by atoms with Crippen LogP contribution in [-0.2, 0) is 6.54 Å². The van der Waals surface area contributed by atoms with Crippen LogP contribution in [0.5, 0.6) is 0 Å². The monoisotopic (exact) mass is 318 g/mol. The topological polar surface area (TPSA) is 24.9 Å². The third-order valence-electron chi connectivity index (χ3n) is 1.83. The Bertz CT molecular complexity index is 326. The first kappa shape index (κ1) is 11.9. The van der Waals surface area contributed by atoms with Gasteiger partial charge in [0, 0.05) is 27.7 Å². The maximum atomic E-state index is 4.29. The molecule has 76 valence electrons. The summed E-state index contributed by atoms with van der Waals surface area (Å²) < 4.78 is 1.99. The first-order valence-electron chi connectivity index (χ1n) is 4.29. The van der Waals surface area contributed by atoms with Crippen LogP contribution in [0.4, 0.5) is 0 Å². The number of rotatable bonds is 4. The first-order valence-corrected chi connectivity index (χ1v) is 5.88. The summed E-state index contributed by atoms with van der Waals surface area (Å²) in [6.07, 6.45) is 3.66. The predicted octanol–water partition coefficient (Wildman–Crippen LogP) is 3.27. The van der Waals surface area contributed by atoms with Crippen molar-refractivity contribution in [1.82, 2.24) is 10.3 Å². The Morgan fingerprint density at radius 3 is 2.93 bits per heavy atom. The van der Waals surface area contributed by atoms with Crippen LogP contribution >= 0.6 is 31.9 Å². The molecule has 4 heteroatoms. The SMILES string of the molecule is C=CC(C)NCc1ncc(Br)cc1Br. The van der Waals surface area contributed by atoms with Gasteiger partial charge in [-0.15, -0.1) is 6.58 Å². The Morgan fingerprint density at radius 1 is 1.64 bits per heavy atom. The summed E-state index contributed by atoms with van der Waals surface area (Å²) in [5.74, 6) is 0. The molecule has 0 saturated carbocycles. The van der Waals surface area contributed by atoms with Crippen LogP contribution in [-0.4, -0.2) is 11.0 Å². The fourth-order valence-electron chi connectivity index (χ4n) is 0.914. The minimum atomic E-state index is 0.298. The summed E-state index contributed by atoms with van der Waals surface area (Å²) in [5, 5.41) is 3.28. The Hall–Kier alpha value is -0.190. The van der Waals surface area contributed by atoms with Gasteiger partial charge in [-0.3, -0.25) is 4.98 Å². The quantitative estimate of drug-likeness (QED) is 0.862. The van der Waals surface area contributed by atoms with Crippen molar-refractivity contribution < 1.29 is 0 Å². The van der Waals surface area contributed by atoms with Crippen molar-refractivity contribution in [3.8, 4) is 0 Å². The summed E-state index contributed by atoms with van der Waals surface area (Å²) in [6, 6.07) is 2.29. The maximum absolute atomic E-state index is 4.29. The van der Waals surface area contributed by atoms with Crippen molar-refractivity contribution in [3.05, 3.63) is 39.6 Å². The van der Waals surface area contributed by atoms with Gasteiger partial charge < -0.3 is 5.32 Å². The normalized spacial score (nSPS) is 12.5. The van der Waals surface area contributed by atoms with Crippen molar-refractivity contribution in [2.45, 2.75) is 19.5 Å². The highest BCUT2D eigenvalue weighted by Crippen LogP contribution is 2.19. The smallest absolute Gasteiger partial charge is 0.0684 e. The number of hydrogen-bond donors (Lipinski definition) is 1. The molecule has 0 aliphatic rings. The van der Waals surface area contributed by atoms with Gasteiger partial charge in [0.05, 0.1) is 5.69 Å². The molecule has 1 rings (SSSR count). The maximum Gasteiger partial charge on any atom is 0.0684 e. The Kier molecular flexibility index (Phi) is 4.78. The largest absolute Gasteiger partial charge is 0.305 e. The summed E-state index contributed by atoms with van der Waals surface area (Å²) >= 11 is 6.82. The van der Waals surface area contributed by atoms with E-state index in [0.29, 0.717) is 6.04 Å². The number of aromatic nitrogens is 1. The lowest BCUT2D eigenvalue weighted by atomic mass is 10.3. The minimum Gasteiger partial charge on any atom is -0.305 e. The van der Waals surface area contributed by atoms with E-state index in [1.54, 1.807) is 6.20 Å². The average molecular weight is 320 g/mol. The van der Waals surface area contributed by atoms with Crippen LogP contribution in [0.2, 0.25) is 0 Å². The second-order valence-corrected chi connectivity index (χ2v) is 4.76. The molecule has 0 amide bonds. The molecule has 2 nitrogen and oxygen atoms in total. The highest BCUT2D eigenvalue weighted by atomic mass is 79.9. The van der Waals surface area contributed by atoms with E-state index in [1.807, 2.05) is 12.1 Å². The van der Waals surface area contributed by atoms with E-state index in [0.717, 1.165) is 21.2 Å². The molecular formula is C10H12Br2N2. The average Bonchev–Trinajstić information content (AvgIpc) is 2.16. The van der Waals surface area contributed by atoms with Crippen molar-refractivity contribution >= 4 is 31.9 Å². The zero-order chi connectivity index (χ0) is 10.6. The number of hydrogen-bond acceptors (Lipinski definition) is 2. The van der Waals surface area contributed by atoms with Crippen molar-refractivity contribution in [2.24, 2.45) is 0 Å². The molecule has 1 unspecified atom stereocenters. The Morgan fingerprint density at radius 2 is 2.36 bits per heavy atom. The minimum absolute atomic E-state index is 0.298. The molecule has 0 radical (unpaired) electrons. The van der Waals surface area contributed by atoms with Gasteiger partial charge in [-0.25, -0.2) is 0 Å². The number of halogens is 2. The molecule has 0 aliphatic heterocycles. The summed E-state index contributed by atoms with van der Waals surface area (Å²) in [7, 11) is 0. The molecule has 0 spiro atoms. The van der Waals surface area contributed by atoms with Gasteiger partial charge in [0.15, 0.2) is 0 Å². The number of nitrogens with one attached hydrogen (secondary N) is 1. The van der Waals surface area contributed by atoms with E-state index in [9.17, 15) is 0 Å². The molecule has 0 saturated heterocycles. The fraction of sp³-hybridized carbons (Fsp3) is 0.300. The van der Waals surface area contributed by atoms with E-state index in [1.165, 1.54) is 0 Å². The van der Waals surface area contributed by atoms with E-state index in [2.05, 4.69) is 55.7 Å². The molecule has 1 atom stereocenters. The molecular weight excluding hydrogens is 308 g/mol. The second kappa shape index (κ2) is 5.63. The van der Waals surface area contributed by atoms with Crippen molar-refractivity contribution in [3.63, 3.8) is 0 Å². The second-order valence-electron chi connectivity index (χ2n) is 2.99. The molecule has 0 aromatic carbocycles. The Balaban J connectivity index is 2.63. The molecule has 1 aromatic heterocycles. The molecule has 1 heterocycles. The van der Waals surface area contributed by atoms with Gasteiger partial charge >= 0.3 is 0 Å². The van der Waals surface area contributed by atoms with Gasteiger partial charge in [0.1, 0.15) is 0 Å². The van der Waals surface area contributed by atoms with E-state index < -0.39 is 0 Å². The van der Waals surface area contributed by atoms with Crippen molar-refractivity contribution in [2.75, 3.05) is 0 Å². The molecule has 1 N–H and O–H groups in total. The van der Waals surface area contributed by atoms with Crippen LogP contribution < -0.4 is 5.32 Å². The molecule has 14 heavy (non-hydrogen) atoms. The predicted molar refractivity (Wildman–Crippen MR) is 66.1 cm³/mol. The van der Waals surface area contributed by atoms with Gasteiger partial charge in [0.2, 0.25) is 0 Å². The van der Waals surface area contributed by atoms with Crippen LogP contribution in [0.1, 0.15) is 12.6 Å². The van der Waals surface area contributed by atoms with Crippen LogP contribution in [0.15, 0.2) is 33.9 Å². The molecule has 0 fully saturated rings. The number of nitrogens with zero attached hydrogens (tertiary/aromatic N) is 1. The highest BCUT2D eigenvalue weighted by molar-refractivity contribution is 9.11. The van der Waals surface area contributed by atoms with E-state index in [-0.39, 0.29) is 0 Å². The zero-order valence-corrected chi connectivity index (χ0v) is 11.1. The summed E-state index contributed by atoms with van der Waals surface area (Å²) in [6.45, 7) is 6.50. The standard InChI is InChI=1S/C10H12Br2N2/c1-3-7(2)13-6-10-9(12)4-8(11)5-14-10/h3-5,7,13H,1,6H2,2H3. The van der Waals surface area contributed by atoms with Gasteiger partial charge in [-0.2, -0.15) is 0 Å². The highest BCUT2D eigenvalue weighted by Gasteiger charge is 2.03.